The van der Waals surface area contributed by atoms with Crippen LogP contribution in [0.1, 0.15) is 56.8 Å². The summed E-state index contributed by atoms with van der Waals surface area (Å²) in [6, 6.07) is 10.3. The van der Waals surface area contributed by atoms with Gasteiger partial charge in [0.1, 0.15) is 0 Å². The average Bonchev–Trinajstić information content (AvgIpc) is 3.10. The maximum Gasteiger partial charge on any atom is 0.228 e. The predicted octanol–water partition coefficient (Wildman–Crippen LogP) is 3.21. The molecule has 4 nitrogen and oxygen atoms in total. The van der Waals surface area contributed by atoms with Gasteiger partial charge >= 0.3 is 0 Å². The second kappa shape index (κ2) is 5.26. The van der Waals surface area contributed by atoms with E-state index in [-0.39, 0.29) is 11.0 Å². The van der Waals surface area contributed by atoms with E-state index in [1.807, 2.05) is 18.2 Å². The van der Waals surface area contributed by atoms with Crippen LogP contribution in [-0.2, 0) is 11.8 Å². The Morgan fingerprint density at radius 3 is 2.52 bits per heavy atom. The molecule has 2 aromatic rings. The molecule has 1 aromatic carbocycles. The topological polar surface area (TPSA) is 64.9 Å². The summed E-state index contributed by atoms with van der Waals surface area (Å²) in [6.07, 6.45) is 5.18. The third-order valence-corrected chi connectivity index (χ3v) is 4.63. The van der Waals surface area contributed by atoms with Crippen LogP contribution in [0.5, 0.6) is 0 Å². The average molecular weight is 285 g/mol. The van der Waals surface area contributed by atoms with Gasteiger partial charge in [0.05, 0.1) is 5.41 Å². The first-order valence-corrected chi connectivity index (χ1v) is 7.67. The fraction of sp³-hybridized carbons (Fsp3) is 0.529. The van der Waals surface area contributed by atoms with E-state index in [9.17, 15) is 0 Å². The normalized spacial score (nSPS) is 18.0. The van der Waals surface area contributed by atoms with Crippen molar-refractivity contribution in [2.75, 3.05) is 0 Å². The van der Waals surface area contributed by atoms with Crippen molar-refractivity contribution in [3.05, 3.63) is 47.6 Å². The number of hydrogen-bond donors (Lipinski definition) is 1. The Kier molecular flexibility index (Phi) is 3.57. The molecule has 0 aliphatic heterocycles. The predicted molar refractivity (Wildman–Crippen MR) is 82.0 cm³/mol. The summed E-state index contributed by atoms with van der Waals surface area (Å²) in [5.41, 5.74) is 7.16. The quantitative estimate of drug-likeness (QED) is 0.936. The lowest BCUT2D eigenvalue weighted by Crippen LogP contribution is -2.38. The molecular formula is C17H23N3O. The van der Waals surface area contributed by atoms with E-state index in [2.05, 4.69) is 36.1 Å². The first-order chi connectivity index (χ1) is 10.00. The zero-order chi connectivity index (χ0) is 14.9. The van der Waals surface area contributed by atoms with Gasteiger partial charge in [0, 0.05) is 12.0 Å². The number of rotatable bonds is 4. The largest absolute Gasteiger partial charge is 0.339 e. The Labute approximate surface area is 125 Å². The SMILES string of the molecule is CC(C)(c1ccccc1)c1noc(CC2(N)CCCC2)n1. The van der Waals surface area contributed by atoms with Gasteiger partial charge in [-0.1, -0.05) is 48.3 Å². The van der Waals surface area contributed by atoms with Crippen molar-refractivity contribution in [2.24, 2.45) is 5.73 Å². The van der Waals surface area contributed by atoms with Crippen LogP contribution in [-0.4, -0.2) is 15.7 Å². The maximum absolute atomic E-state index is 6.39. The molecule has 1 heterocycles. The standard InChI is InChI=1S/C17H23N3O/c1-16(2,13-8-4-3-5-9-13)15-19-14(21-20-15)12-17(18)10-6-7-11-17/h3-5,8-9H,6-7,10-12,18H2,1-2H3. The highest BCUT2D eigenvalue weighted by atomic mass is 16.5. The van der Waals surface area contributed by atoms with Gasteiger partial charge in [-0.2, -0.15) is 4.98 Å². The van der Waals surface area contributed by atoms with Gasteiger partial charge in [0.25, 0.3) is 0 Å². The molecule has 0 radical (unpaired) electrons. The van der Waals surface area contributed by atoms with Crippen molar-refractivity contribution in [2.45, 2.75) is 56.9 Å². The molecule has 0 atom stereocenters. The van der Waals surface area contributed by atoms with Crippen LogP contribution in [0.4, 0.5) is 0 Å². The van der Waals surface area contributed by atoms with E-state index >= 15 is 0 Å². The highest BCUT2D eigenvalue weighted by Gasteiger charge is 2.34. The lowest BCUT2D eigenvalue weighted by Gasteiger charge is -2.21. The summed E-state index contributed by atoms with van der Waals surface area (Å²) in [6.45, 7) is 4.23. The van der Waals surface area contributed by atoms with Crippen molar-refractivity contribution in [3.63, 3.8) is 0 Å². The van der Waals surface area contributed by atoms with Crippen LogP contribution >= 0.6 is 0 Å². The molecule has 2 N–H and O–H groups in total. The zero-order valence-corrected chi connectivity index (χ0v) is 12.8. The number of nitrogens with zero attached hydrogens (tertiary/aromatic N) is 2. The molecular weight excluding hydrogens is 262 g/mol. The smallest absolute Gasteiger partial charge is 0.228 e. The fourth-order valence-corrected chi connectivity index (χ4v) is 3.12. The van der Waals surface area contributed by atoms with Gasteiger partial charge in [0.2, 0.25) is 5.89 Å². The molecule has 21 heavy (non-hydrogen) atoms. The lowest BCUT2D eigenvalue weighted by molar-refractivity contribution is 0.324. The monoisotopic (exact) mass is 285 g/mol. The summed E-state index contributed by atoms with van der Waals surface area (Å²) < 4.78 is 5.46. The van der Waals surface area contributed by atoms with Crippen molar-refractivity contribution in [3.8, 4) is 0 Å². The Morgan fingerprint density at radius 2 is 1.86 bits per heavy atom. The highest BCUT2D eigenvalue weighted by Crippen LogP contribution is 2.32. The number of aromatic nitrogens is 2. The Bertz CT molecular complexity index is 598. The van der Waals surface area contributed by atoms with Gasteiger partial charge in [-0.15, -0.1) is 0 Å². The van der Waals surface area contributed by atoms with Gasteiger partial charge in [-0.25, -0.2) is 0 Å². The molecule has 1 aliphatic rings. The van der Waals surface area contributed by atoms with Gasteiger partial charge in [-0.05, 0) is 32.3 Å². The van der Waals surface area contributed by atoms with Crippen LogP contribution in [0.2, 0.25) is 0 Å². The van der Waals surface area contributed by atoms with Crippen molar-refractivity contribution in [1.82, 2.24) is 10.1 Å². The molecule has 3 rings (SSSR count). The van der Waals surface area contributed by atoms with E-state index in [4.69, 9.17) is 10.3 Å². The molecule has 1 fully saturated rings. The Hall–Kier alpha value is -1.68. The van der Waals surface area contributed by atoms with E-state index < -0.39 is 0 Å². The summed E-state index contributed by atoms with van der Waals surface area (Å²) in [5.74, 6) is 1.39. The summed E-state index contributed by atoms with van der Waals surface area (Å²) in [5, 5.41) is 4.20. The summed E-state index contributed by atoms with van der Waals surface area (Å²) >= 11 is 0. The molecule has 0 spiro atoms. The number of benzene rings is 1. The van der Waals surface area contributed by atoms with Crippen LogP contribution in [0, 0.1) is 0 Å². The van der Waals surface area contributed by atoms with E-state index in [1.54, 1.807) is 0 Å². The molecule has 0 bridgehead atoms. The van der Waals surface area contributed by atoms with Gasteiger partial charge in [-0.3, -0.25) is 0 Å². The van der Waals surface area contributed by atoms with E-state index in [0.29, 0.717) is 12.3 Å². The molecule has 112 valence electrons. The molecule has 4 heteroatoms. The van der Waals surface area contributed by atoms with Crippen LogP contribution in [0.25, 0.3) is 0 Å². The molecule has 1 aliphatic carbocycles. The van der Waals surface area contributed by atoms with Gasteiger partial charge < -0.3 is 10.3 Å². The Balaban J connectivity index is 1.81. The molecule has 0 saturated heterocycles. The third-order valence-electron chi connectivity index (χ3n) is 4.63. The minimum absolute atomic E-state index is 0.152. The van der Waals surface area contributed by atoms with Crippen LogP contribution < -0.4 is 5.73 Å². The lowest BCUT2D eigenvalue weighted by atomic mass is 9.84. The highest BCUT2D eigenvalue weighted by molar-refractivity contribution is 5.30. The molecule has 1 aromatic heterocycles. The van der Waals surface area contributed by atoms with E-state index in [1.165, 1.54) is 18.4 Å². The second-order valence-electron chi connectivity index (χ2n) is 6.75. The third kappa shape index (κ3) is 2.86. The van der Waals surface area contributed by atoms with E-state index in [0.717, 1.165) is 18.7 Å². The Morgan fingerprint density at radius 1 is 1.19 bits per heavy atom. The molecule has 0 amide bonds. The number of hydrogen-bond acceptors (Lipinski definition) is 4. The van der Waals surface area contributed by atoms with Crippen LogP contribution in [0.15, 0.2) is 34.9 Å². The molecule has 1 saturated carbocycles. The summed E-state index contributed by atoms with van der Waals surface area (Å²) in [4.78, 5) is 4.61. The minimum atomic E-state index is -0.263. The first-order valence-electron chi connectivity index (χ1n) is 7.67. The second-order valence-corrected chi connectivity index (χ2v) is 6.75. The maximum atomic E-state index is 6.39. The number of nitrogens with two attached hydrogens (primary N) is 1. The van der Waals surface area contributed by atoms with Crippen LogP contribution in [0.3, 0.4) is 0 Å². The van der Waals surface area contributed by atoms with Gasteiger partial charge in [0.15, 0.2) is 5.82 Å². The molecule has 0 unspecified atom stereocenters. The minimum Gasteiger partial charge on any atom is -0.339 e. The van der Waals surface area contributed by atoms with Crippen molar-refractivity contribution in [1.29, 1.82) is 0 Å². The van der Waals surface area contributed by atoms with Crippen molar-refractivity contribution >= 4 is 0 Å². The fourth-order valence-electron chi connectivity index (χ4n) is 3.12. The zero-order valence-electron chi connectivity index (χ0n) is 12.8. The first kappa shape index (κ1) is 14.3. The summed E-state index contributed by atoms with van der Waals surface area (Å²) in [7, 11) is 0. The van der Waals surface area contributed by atoms with Crippen molar-refractivity contribution < 1.29 is 4.52 Å².